The van der Waals surface area contributed by atoms with Gasteiger partial charge in [0.1, 0.15) is 17.9 Å². The first-order valence-electron chi connectivity index (χ1n) is 8.85. The van der Waals surface area contributed by atoms with Crippen LogP contribution in [0.3, 0.4) is 0 Å². The number of non-ortho nitro benzene ring substituents is 1. The van der Waals surface area contributed by atoms with E-state index < -0.39 is 23.3 Å². The summed E-state index contributed by atoms with van der Waals surface area (Å²) in [5.74, 6) is -0.905. The summed E-state index contributed by atoms with van der Waals surface area (Å²) in [5.41, 5.74) is 1.00. The molecule has 152 valence electrons. The minimum absolute atomic E-state index is 0.131. The lowest BCUT2D eigenvalue weighted by molar-refractivity contribution is -0.384. The van der Waals surface area contributed by atoms with Crippen LogP contribution in [0.1, 0.15) is 26.3 Å². The van der Waals surface area contributed by atoms with E-state index >= 15 is 0 Å². The van der Waals surface area contributed by atoms with Crippen LogP contribution in [0.25, 0.3) is 0 Å². The first-order chi connectivity index (χ1) is 14.5. The van der Waals surface area contributed by atoms with Gasteiger partial charge >= 0.3 is 5.97 Å². The van der Waals surface area contributed by atoms with Crippen molar-refractivity contribution in [2.75, 3.05) is 6.61 Å². The molecule has 0 aliphatic heterocycles. The Balaban J connectivity index is 1.63. The molecule has 3 aromatic carbocycles. The molecule has 0 aliphatic rings. The molecule has 0 atom stereocenters. The van der Waals surface area contributed by atoms with Gasteiger partial charge in [-0.15, -0.1) is 0 Å². The van der Waals surface area contributed by atoms with Gasteiger partial charge < -0.3 is 9.47 Å². The van der Waals surface area contributed by atoms with E-state index in [9.17, 15) is 19.7 Å². The number of hydrogen-bond acceptors (Lipinski definition) is 6. The number of esters is 1. The van der Waals surface area contributed by atoms with E-state index in [2.05, 4.69) is 0 Å². The molecule has 0 spiro atoms. The molecule has 0 amide bonds. The van der Waals surface area contributed by atoms with Crippen molar-refractivity contribution in [3.8, 4) is 5.75 Å². The van der Waals surface area contributed by atoms with Crippen LogP contribution in [-0.2, 0) is 11.3 Å². The largest absolute Gasteiger partial charge is 0.488 e. The summed E-state index contributed by atoms with van der Waals surface area (Å²) in [7, 11) is 0. The van der Waals surface area contributed by atoms with Gasteiger partial charge in [-0.25, -0.2) is 4.79 Å². The maximum Gasteiger partial charge on any atom is 0.342 e. The smallest absolute Gasteiger partial charge is 0.342 e. The van der Waals surface area contributed by atoms with Crippen molar-refractivity contribution in [2.45, 2.75) is 6.61 Å². The Morgan fingerprint density at radius 1 is 0.933 bits per heavy atom. The third kappa shape index (κ3) is 5.21. The highest BCUT2D eigenvalue weighted by Crippen LogP contribution is 2.23. The molecule has 0 bridgehead atoms. The third-order valence-electron chi connectivity index (χ3n) is 4.18. The average molecular weight is 426 g/mol. The Hall–Kier alpha value is -3.71. The number of nitrogens with zero attached hydrogens (tertiary/aromatic N) is 1. The van der Waals surface area contributed by atoms with Gasteiger partial charge in [0.15, 0.2) is 12.4 Å². The molecule has 3 rings (SSSR count). The number of para-hydroxylation sites is 1. The van der Waals surface area contributed by atoms with E-state index in [0.717, 1.165) is 5.56 Å². The van der Waals surface area contributed by atoms with Crippen molar-refractivity contribution in [2.24, 2.45) is 0 Å². The van der Waals surface area contributed by atoms with Crippen molar-refractivity contribution in [1.82, 2.24) is 0 Å². The Morgan fingerprint density at radius 2 is 1.60 bits per heavy atom. The van der Waals surface area contributed by atoms with Crippen LogP contribution in [0.5, 0.6) is 5.75 Å². The summed E-state index contributed by atoms with van der Waals surface area (Å²) >= 11 is 6.12. The molecular formula is C22H16ClNO6. The predicted octanol–water partition coefficient (Wildman–Crippen LogP) is 4.87. The number of ketones is 1. The second-order valence-electron chi connectivity index (χ2n) is 6.18. The number of halogens is 1. The summed E-state index contributed by atoms with van der Waals surface area (Å²) in [5, 5.41) is 11.2. The van der Waals surface area contributed by atoms with E-state index in [-0.39, 0.29) is 23.4 Å². The first-order valence-corrected chi connectivity index (χ1v) is 9.23. The fraction of sp³-hybridized carbons (Fsp3) is 0.0909. The zero-order valence-electron chi connectivity index (χ0n) is 15.6. The van der Waals surface area contributed by atoms with Gasteiger partial charge in [0, 0.05) is 28.3 Å². The maximum absolute atomic E-state index is 12.5. The second-order valence-corrected chi connectivity index (χ2v) is 6.59. The Labute approximate surface area is 177 Å². The molecule has 8 heteroatoms. The van der Waals surface area contributed by atoms with E-state index in [4.69, 9.17) is 21.1 Å². The molecular weight excluding hydrogens is 410 g/mol. The van der Waals surface area contributed by atoms with E-state index in [1.807, 2.05) is 12.1 Å². The number of hydrogen-bond donors (Lipinski definition) is 0. The van der Waals surface area contributed by atoms with Crippen molar-refractivity contribution < 1.29 is 24.0 Å². The second kappa shape index (κ2) is 9.67. The highest BCUT2D eigenvalue weighted by Gasteiger charge is 2.17. The maximum atomic E-state index is 12.5. The van der Waals surface area contributed by atoms with Crippen LogP contribution in [-0.4, -0.2) is 23.3 Å². The van der Waals surface area contributed by atoms with Gasteiger partial charge in [-0.3, -0.25) is 14.9 Å². The van der Waals surface area contributed by atoms with Crippen LogP contribution in [0, 0.1) is 10.1 Å². The molecule has 0 saturated heterocycles. The number of rotatable bonds is 8. The van der Waals surface area contributed by atoms with E-state index in [1.54, 1.807) is 30.3 Å². The molecule has 0 aromatic heterocycles. The van der Waals surface area contributed by atoms with E-state index in [0.29, 0.717) is 10.8 Å². The zero-order valence-corrected chi connectivity index (χ0v) is 16.4. The van der Waals surface area contributed by atoms with E-state index in [1.165, 1.54) is 30.3 Å². The van der Waals surface area contributed by atoms with Gasteiger partial charge in [0.25, 0.3) is 5.69 Å². The summed E-state index contributed by atoms with van der Waals surface area (Å²) < 4.78 is 10.8. The predicted molar refractivity (Wildman–Crippen MR) is 110 cm³/mol. The number of Topliss-reactive ketones (excluding diaryl/α,β-unsaturated/α-hetero) is 1. The van der Waals surface area contributed by atoms with Crippen LogP contribution >= 0.6 is 11.6 Å². The molecule has 3 aromatic rings. The molecule has 0 aliphatic carbocycles. The summed E-state index contributed by atoms with van der Waals surface area (Å²) in [4.78, 5) is 34.8. The van der Waals surface area contributed by atoms with Crippen molar-refractivity contribution in [3.05, 3.63) is 105 Å². The number of carbonyl (C=O) groups is 2. The molecule has 30 heavy (non-hydrogen) atoms. The third-order valence-corrected chi connectivity index (χ3v) is 4.55. The average Bonchev–Trinajstić information content (AvgIpc) is 2.77. The Bertz CT molecular complexity index is 1080. The fourth-order valence-electron chi connectivity index (χ4n) is 2.59. The quantitative estimate of drug-likeness (QED) is 0.221. The summed E-state index contributed by atoms with van der Waals surface area (Å²) in [6.07, 6.45) is 0. The highest BCUT2D eigenvalue weighted by molar-refractivity contribution is 6.31. The van der Waals surface area contributed by atoms with Gasteiger partial charge in [0.05, 0.1) is 4.92 Å². The lowest BCUT2D eigenvalue weighted by atomic mass is 10.1. The van der Waals surface area contributed by atoms with Gasteiger partial charge in [-0.05, 0) is 30.3 Å². The van der Waals surface area contributed by atoms with Gasteiger partial charge in [-0.2, -0.15) is 0 Å². The Morgan fingerprint density at radius 3 is 2.30 bits per heavy atom. The number of nitro groups is 1. The van der Waals surface area contributed by atoms with Gasteiger partial charge in [-0.1, -0.05) is 41.9 Å². The first kappa shape index (κ1) is 21.0. The normalized spacial score (nSPS) is 10.3. The molecule has 0 heterocycles. The number of ether oxygens (including phenoxy) is 2. The van der Waals surface area contributed by atoms with Crippen molar-refractivity contribution in [3.63, 3.8) is 0 Å². The van der Waals surface area contributed by atoms with Crippen molar-refractivity contribution >= 4 is 29.0 Å². The minimum atomic E-state index is -0.722. The monoisotopic (exact) mass is 425 g/mol. The fourth-order valence-corrected chi connectivity index (χ4v) is 2.78. The number of benzene rings is 3. The minimum Gasteiger partial charge on any atom is -0.488 e. The molecule has 0 radical (unpaired) electrons. The lowest BCUT2D eigenvalue weighted by Crippen LogP contribution is -2.15. The van der Waals surface area contributed by atoms with Crippen molar-refractivity contribution in [1.29, 1.82) is 0 Å². The van der Waals surface area contributed by atoms with Crippen LogP contribution in [0.2, 0.25) is 5.02 Å². The van der Waals surface area contributed by atoms with Crippen LogP contribution in [0.15, 0.2) is 72.8 Å². The molecule has 0 fully saturated rings. The summed E-state index contributed by atoms with van der Waals surface area (Å²) in [6.45, 7) is -0.346. The number of carbonyl (C=O) groups excluding carboxylic acids is 2. The lowest BCUT2D eigenvalue weighted by Gasteiger charge is -2.12. The zero-order chi connectivity index (χ0) is 21.5. The summed E-state index contributed by atoms with van der Waals surface area (Å²) in [6, 6.07) is 18.7. The molecule has 0 unspecified atom stereocenters. The SMILES string of the molecule is O=C(COC(=O)c1ccccc1OCc1ccccc1Cl)c1ccc([N+](=O)[O-])cc1. The highest BCUT2D eigenvalue weighted by atomic mass is 35.5. The number of nitro benzene ring substituents is 1. The van der Waals surface area contributed by atoms with Gasteiger partial charge in [0.2, 0.25) is 0 Å². The van der Waals surface area contributed by atoms with Crippen LogP contribution < -0.4 is 4.74 Å². The topological polar surface area (TPSA) is 95.7 Å². The molecule has 7 nitrogen and oxygen atoms in total. The standard InChI is InChI=1S/C22H16ClNO6/c23-19-7-3-1-5-16(19)13-29-21-8-4-2-6-18(21)22(26)30-14-20(25)15-9-11-17(12-10-15)24(27)28/h1-12H,13-14H2. The van der Waals surface area contributed by atoms with Crippen LogP contribution in [0.4, 0.5) is 5.69 Å². The molecule has 0 N–H and O–H groups in total. The Kier molecular flexibility index (Phi) is 6.77. The molecule has 0 saturated carbocycles.